The van der Waals surface area contributed by atoms with E-state index in [-0.39, 0.29) is 16.2 Å². The molecule has 108 valence electrons. The maximum atomic E-state index is 12.5. The number of pyridine rings is 1. The molecule has 1 aliphatic rings. The number of sulfonamides is 1. The molecule has 2 atom stereocenters. The van der Waals surface area contributed by atoms with Crippen molar-refractivity contribution in [3.63, 3.8) is 0 Å². The number of nitrogens with zero attached hydrogens (tertiary/aromatic N) is 2. The lowest BCUT2D eigenvalue weighted by atomic mass is 10.2. The molecule has 0 radical (unpaired) electrons. The van der Waals surface area contributed by atoms with E-state index in [4.69, 9.17) is 11.6 Å². The molecule has 5 nitrogen and oxygen atoms in total. The molecule has 1 aliphatic carbocycles. The molecule has 2 aromatic heterocycles. The maximum absolute atomic E-state index is 12.5. The maximum Gasteiger partial charge on any atom is 0.260 e. The molecule has 3 rings (SSSR count). The molecule has 0 amide bonds. The molecule has 20 heavy (non-hydrogen) atoms. The molecule has 0 bridgehead atoms. The Morgan fingerprint density at radius 3 is 3.05 bits per heavy atom. The number of hydrogen-bond acceptors (Lipinski definition) is 3. The van der Waals surface area contributed by atoms with Gasteiger partial charge in [-0.25, -0.2) is 18.1 Å². The summed E-state index contributed by atoms with van der Waals surface area (Å²) in [6, 6.07) is 5.30. The molecule has 2 aromatic rings. The van der Waals surface area contributed by atoms with E-state index >= 15 is 0 Å². The van der Waals surface area contributed by atoms with Crippen molar-refractivity contribution < 1.29 is 8.42 Å². The molecule has 1 saturated carbocycles. The van der Waals surface area contributed by atoms with Crippen LogP contribution in [-0.2, 0) is 10.0 Å². The van der Waals surface area contributed by atoms with Gasteiger partial charge >= 0.3 is 0 Å². The van der Waals surface area contributed by atoms with Gasteiger partial charge in [-0.15, -0.1) is 0 Å². The summed E-state index contributed by atoms with van der Waals surface area (Å²) in [6.07, 6.45) is 4.67. The Morgan fingerprint density at radius 1 is 1.50 bits per heavy atom. The zero-order chi connectivity index (χ0) is 14.3. The average Bonchev–Trinajstić information content (AvgIpc) is 2.99. The first kappa shape index (κ1) is 13.9. The number of nitrogens with one attached hydrogen (secondary N) is 1. The summed E-state index contributed by atoms with van der Waals surface area (Å²) in [4.78, 5) is 4.07. The second kappa shape index (κ2) is 5.02. The molecule has 2 unspecified atom stereocenters. The van der Waals surface area contributed by atoms with E-state index < -0.39 is 10.0 Å². The Labute approximate surface area is 123 Å². The highest BCUT2D eigenvalue weighted by atomic mass is 35.5. The van der Waals surface area contributed by atoms with Crippen LogP contribution in [0.2, 0.25) is 5.15 Å². The van der Waals surface area contributed by atoms with Gasteiger partial charge in [-0.3, -0.25) is 4.40 Å². The van der Waals surface area contributed by atoms with Gasteiger partial charge in [-0.1, -0.05) is 31.0 Å². The predicted molar refractivity (Wildman–Crippen MR) is 77.3 cm³/mol. The van der Waals surface area contributed by atoms with Crippen LogP contribution in [0, 0.1) is 5.92 Å². The number of aromatic nitrogens is 2. The fourth-order valence-corrected chi connectivity index (χ4v) is 4.48. The van der Waals surface area contributed by atoms with E-state index in [2.05, 4.69) is 16.6 Å². The predicted octanol–water partition coefficient (Wildman–Crippen LogP) is 2.45. The summed E-state index contributed by atoms with van der Waals surface area (Å²) in [5.74, 6) is 0.452. The highest BCUT2D eigenvalue weighted by Gasteiger charge is 2.40. The van der Waals surface area contributed by atoms with E-state index in [1.165, 1.54) is 4.40 Å². The van der Waals surface area contributed by atoms with Crippen LogP contribution >= 0.6 is 11.6 Å². The normalized spacial score (nSPS) is 22.3. The summed E-state index contributed by atoms with van der Waals surface area (Å²) in [5.41, 5.74) is 0.527. The lowest BCUT2D eigenvalue weighted by Gasteiger charge is -2.06. The van der Waals surface area contributed by atoms with Crippen LogP contribution in [0.25, 0.3) is 5.65 Å². The molecular weight excluding hydrogens is 298 g/mol. The third-order valence-corrected chi connectivity index (χ3v) is 5.48. The Hall–Kier alpha value is -1.11. The number of fused-ring (bicyclic) bond motifs is 1. The van der Waals surface area contributed by atoms with Gasteiger partial charge in [0.25, 0.3) is 10.0 Å². The highest BCUT2D eigenvalue weighted by molar-refractivity contribution is 7.89. The SMILES string of the molecule is CCCC1CC1NS(=O)(=O)c1c(Cl)nc2ccccn12. The van der Waals surface area contributed by atoms with E-state index in [0.717, 1.165) is 19.3 Å². The van der Waals surface area contributed by atoms with Crippen molar-refractivity contribution in [3.8, 4) is 0 Å². The molecule has 0 spiro atoms. The van der Waals surface area contributed by atoms with Crippen molar-refractivity contribution in [2.45, 2.75) is 37.3 Å². The Morgan fingerprint density at radius 2 is 2.30 bits per heavy atom. The zero-order valence-corrected chi connectivity index (χ0v) is 12.7. The minimum Gasteiger partial charge on any atom is -0.288 e. The van der Waals surface area contributed by atoms with E-state index in [1.807, 2.05) is 0 Å². The van der Waals surface area contributed by atoms with Crippen molar-refractivity contribution in [2.75, 3.05) is 0 Å². The smallest absolute Gasteiger partial charge is 0.260 e. The zero-order valence-electron chi connectivity index (χ0n) is 11.1. The van der Waals surface area contributed by atoms with Gasteiger partial charge in [0.2, 0.25) is 0 Å². The Kier molecular flexibility index (Phi) is 3.48. The van der Waals surface area contributed by atoms with Gasteiger partial charge in [0.15, 0.2) is 10.2 Å². The molecule has 1 fully saturated rings. The molecule has 0 saturated heterocycles. The van der Waals surface area contributed by atoms with Crippen molar-refractivity contribution in [2.24, 2.45) is 5.92 Å². The number of imidazole rings is 1. The van der Waals surface area contributed by atoms with Crippen LogP contribution in [0.4, 0.5) is 0 Å². The van der Waals surface area contributed by atoms with Gasteiger partial charge in [-0.05, 0) is 30.9 Å². The standard InChI is InChI=1S/C13H16ClN3O2S/c1-2-5-9-8-10(9)16-20(18,19)13-12(14)15-11-6-3-4-7-17(11)13/h3-4,6-7,9-10,16H,2,5,8H2,1H3. The third kappa shape index (κ3) is 2.43. The van der Waals surface area contributed by atoms with Crippen molar-refractivity contribution in [1.82, 2.24) is 14.1 Å². The first-order valence-corrected chi connectivity index (χ1v) is 8.54. The van der Waals surface area contributed by atoms with Gasteiger partial charge < -0.3 is 0 Å². The number of halogens is 1. The van der Waals surface area contributed by atoms with Gasteiger partial charge in [0, 0.05) is 12.2 Å². The summed E-state index contributed by atoms with van der Waals surface area (Å²) in [7, 11) is -3.64. The summed E-state index contributed by atoms with van der Waals surface area (Å²) in [5, 5.41) is 0.0355. The van der Waals surface area contributed by atoms with Crippen LogP contribution < -0.4 is 4.72 Å². The highest BCUT2D eigenvalue weighted by Crippen LogP contribution is 2.36. The summed E-state index contributed by atoms with van der Waals surface area (Å²) < 4.78 is 29.2. The van der Waals surface area contributed by atoms with Crippen LogP contribution in [0.1, 0.15) is 26.2 Å². The van der Waals surface area contributed by atoms with Gasteiger partial charge in [0.1, 0.15) is 5.65 Å². The van der Waals surface area contributed by atoms with Crippen LogP contribution in [0.5, 0.6) is 0 Å². The quantitative estimate of drug-likeness (QED) is 0.922. The number of hydrogen-bond donors (Lipinski definition) is 1. The van der Waals surface area contributed by atoms with E-state index in [0.29, 0.717) is 11.6 Å². The second-order valence-electron chi connectivity index (χ2n) is 5.15. The largest absolute Gasteiger partial charge is 0.288 e. The average molecular weight is 314 g/mol. The molecular formula is C13H16ClN3O2S. The van der Waals surface area contributed by atoms with Gasteiger partial charge in [0.05, 0.1) is 0 Å². The minimum absolute atomic E-state index is 0.0105. The lowest BCUT2D eigenvalue weighted by molar-refractivity contribution is 0.568. The Bertz CT molecular complexity index is 741. The minimum atomic E-state index is -3.64. The molecule has 0 aromatic carbocycles. The summed E-state index contributed by atoms with van der Waals surface area (Å²) in [6.45, 7) is 2.10. The topological polar surface area (TPSA) is 63.5 Å². The van der Waals surface area contributed by atoms with Crippen molar-refractivity contribution >= 4 is 27.3 Å². The fourth-order valence-electron chi connectivity index (χ4n) is 2.52. The van der Waals surface area contributed by atoms with E-state index in [9.17, 15) is 8.42 Å². The third-order valence-electron chi connectivity index (χ3n) is 3.59. The van der Waals surface area contributed by atoms with Crippen LogP contribution in [-0.4, -0.2) is 23.8 Å². The van der Waals surface area contributed by atoms with Crippen LogP contribution in [0.15, 0.2) is 29.4 Å². The Balaban J connectivity index is 1.92. The van der Waals surface area contributed by atoms with Crippen molar-refractivity contribution in [1.29, 1.82) is 0 Å². The molecule has 1 N–H and O–H groups in total. The lowest BCUT2D eigenvalue weighted by Crippen LogP contribution is -2.28. The van der Waals surface area contributed by atoms with Crippen LogP contribution in [0.3, 0.4) is 0 Å². The second-order valence-corrected chi connectivity index (χ2v) is 7.14. The molecule has 0 aliphatic heterocycles. The van der Waals surface area contributed by atoms with Gasteiger partial charge in [-0.2, -0.15) is 0 Å². The first-order valence-electron chi connectivity index (χ1n) is 6.68. The monoisotopic (exact) mass is 313 g/mol. The van der Waals surface area contributed by atoms with E-state index in [1.54, 1.807) is 24.4 Å². The first-order chi connectivity index (χ1) is 9.53. The molecule has 2 heterocycles. The molecule has 7 heteroatoms. The van der Waals surface area contributed by atoms with Crippen molar-refractivity contribution in [3.05, 3.63) is 29.5 Å². The number of rotatable bonds is 5. The summed E-state index contributed by atoms with van der Waals surface area (Å²) >= 11 is 6.00. The fraction of sp³-hybridized carbons (Fsp3) is 0.462.